The van der Waals surface area contributed by atoms with Crippen molar-refractivity contribution in [3.05, 3.63) is 84.9 Å². The van der Waals surface area contributed by atoms with E-state index in [1.807, 2.05) is 0 Å². The number of hydrogen-bond donors (Lipinski definition) is 0. The molecule has 4 rings (SSSR count). The minimum Gasteiger partial charge on any atom is -0.168 e. The first-order valence-electron chi connectivity index (χ1n) is 7.30. The Morgan fingerprint density at radius 1 is 0.636 bits per heavy atom. The van der Waals surface area contributed by atoms with Crippen LogP contribution in [0.15, 0.2) is 84.9 Å². The van der Waals surface area contributed by atoms with Crippen molar-refractivity contribution < 1.29 is 26.2 Å². The van der Waals surface area contributed by atoms with Crippen LogP contribution < -0.4 is 0 Å². The third kappa shape index (κ3) is 5.51. The zero-order chi connectivity index (χ0) is 14.9. The van der Waals surface area contributed by atoms with Crippen LogP contribution in [0.1, 0.15) is 0 Å². The summed E-state index contributed by atoms with van der Waals surface area (Å²) in [6.07, 6.45) is 0. The van der Waals surface area contributed by atoms with Crippen LogP contribution in [0, 0.1) is 0 Å². The predicted molar refractivity (Wildman–Crippen MR) is 98.0 cm³/mol. The maximum atomic E-state index is 2.21. The predicted octanol–water partition coefficient (Wildman–Crippen LogP) is 5.63. The van der Waals surface area contributed by atoms with E-state index in [-0.39, 0.29) is 26.2 Å². The van der Waals surface area contributed by atoms with Crippen LogP contribution >= 0.6 is 0 Å². The van der Waals surface area contributed by atoms with Gasteiger partial charge in [0.1, 0.15) is 0 Å². The summed E-state index contributed by atoms with van der Waals surface area (Å²) < 4.78 is 0. The molecule has 109 valence electrons. The minimum absolute atomic E-state index is 0. The summed E-state index contributed by atoms with van der Waals surface area (Å²) in [5, 5.41) is 5.32. The topological polar surface area (TPSA) is 0 Å². The number of rotatable bonds is 0. The monoisotopic (exact) mass is 379 g/mol. The Kier molecular flexibility index (Phi) is 8.96. The second kappa shape index (κ2) is 10.5. The average molecular weight is 381 g/mol. The van der Waals surface area contributed by atoms with Crippen molar-refractivity contribution in [2.75, 3.05) is 0 Å². The number of benzene rings is 2. The van der Waals surface area contributed by atoms with E-state index in [1.54, 1.807) is 0 Å². The van der Waals surface area contributed by atoms with Crippen LogP contribution in [0.3, 0.4) is 0 Å². The molecule has 22 heavy (non-hydrogen) atoms. The van der Waals surface area contributed by atoms with E-state index < -0.39 is 0 Å². The quantitative estimate of drug-likeness (QED) is 0.274. The van der Waals surface area contributed by atoms with Gasteiger partial charge in [-0.2, -0.15) is 35.0 Å². The Hall–Kier alpha value is -1.24. The second-order valence-electron chi connectivity index (χ2n) is 4.89. The molecule has 0 N–H and O–H groups in total. The van der Waals surface area contributed by atoms with E-state index >= 15 is 0 Å². The normalized spacial score (nSPS) is 9.18. The molecule has 0 atom stereocenters. The van der Waals surface area contributed by atoms with Crippen LogP contribution in [0.4, 0.5) is 0 Å². The van der Waals surface area contributed by atoms with Gasteiger partial charge in [0, 0.05) is 9.52 Å². The van der Waals surface area contributed by atoms with Crippen LogP contribution in [0.25, 0.3) is 21.5 Å². The molecular weight excluding hydrogens is 360 g/mol. The molecule has 0 fully saturated rings. The van der Waals surface area contributed by atoms with Crippen molar-refractivity contribution in [3.63, 3.8) is 0 Å². The Labute approximate surface area is 154 Å². The molecule has 0 aromatic heterocycles. The van der Waals surface area contributed by atoms with Crippen molar-refractivity contribution in [1.82, 2.24) is 0 Å². The van der Waals surface area contributed by atoms with Gasteiger partial charge in [-0.25, -0.2) is 0 Å². The molecule has 4 aromatic rings. The summed E-state index contributed by atoms with van der Waals surface area (Å²) in [5.41, 5.74) is 0. The van der Waals surface area contributed by atoms with Crippen LogP contribution in [0.5, 0.6) is 0 Å². The number of fused-ring (bicyclic) bond motifs is 2. The minimum atomic E-state index is 0. The van der Waals surface area contributed by atoms with E-state index in [4.69, 9.17) is 0 Å². The molecule has 0 heterocycles. The van der Waals surface area contributed by atoms with Crippen molar-refractivity contribution in [3.8, 4) is 0 Å². The maximum Gasteiger partial charge on any atom is 2.00 e. The van der Waals surface area contributed by atoms with Gasteiger partial charge in [-0.15, -0.1) is 59.3 Å². The zero-order valence-electron chi connectivity index (χ0n) is 13.2. The summed E-state index contributed by atoms with van der Waals surface area (Å²) in [4.78, 5) is 0. The van der Waals surface area contributed by atoms with Gasteiger partial charge in [0.05, 0.1) is 0 Å². The Morgan fingerprint density at radius 3 is 1.36 bits per heavy atom. The molecule has 0 aliphatic heterocycles. The molecule has 4 aromatic carbocycles. The molecule has 0 bridgehead atoms. The van der Waals surface area contributed by atoms with Crippen molar-refractivity contribution in [2.45, 2.75) is 13.1 Å². The molecule has 2 heteroatoms. The third-order valence-electron chi connectivity index (χ3n) is 3.10. The average Bonchev–Trinajstić information content (AvgIpc) is 3.17. The van der Waals surface area contributed by atoms with Gasteiger partial charge in [0.2, 0.25) is 0 Å². The van der Waals surface area contributed by atoms with E-state index in [0.29, 0.717) is 0 Å². The van der Waals surface area contributed by atoms with Gasteiger partial charge >= 0.3 is 26.2 Å². The summed E-state index contributed by atoms with van der Waals surface area (Å²) >= 11 is 0. The first-order valence-corrected chi connectivity index (χ1v) is 9.61. The fourth-order valence-electron chi connectivity index (χ4n) is 2.14. The van der Waals surface area contributed by atoms with Crippen LogP contribution in [-0.2, 0) is 26.2 Å². The summed E-state index contributed by atoms with van der Waals surface area (Å²) in [7, 11) is 0.750. The zero-order valence-corrected chi connectivity index (χ0v) is 16.8. The molecule has 0 saturated carbocycles. The van der Waals surface area contributed by atoms with Gasteiger partial charge in [-0.05, 0) is 0 Å². The van der Waals surface area contributed by atoms with Gasteiger partial charge in [0.15, 0.2) is 0 Å². The largest absolute Gasteiger partial charge is 2.00 e. The molecule has 0 unspecified atom stereocenters. The smallest absolute Gasteiger partial charge is 0.168 e. The van der Waals surface area contributed by atoms with Crippen molar-refractivity contribution in [1.29, 1.82) is 0 Å². The first-order chi connectivity index (χ1) is 10.3. The van der Waals surface area contributed by atoms with Gasteiger partial charge in [0.25, 0.3) is 0 Å². The molecule has 1 radical (unpaired) electrons. The van der Waals surface area contributed by atoms with E-state index in [9.17, 15) is 0 Å². The summed E-state index contributed by atoms with van der Waals surface area (Å²) in [6, 6.07) is 29.3. The molecule has 0 nitrogen and oxygen atoms in total. The Bertz CT molecular complexity index is 641. The fourth-order valence-corrected chi connectivity index (χ4v) is 2.14. The van der Waals surface area contributed by atoms with Gasteiger partial charge in [-0.1, -0.05) is 25.2 Å². The van der Waals surface area contributed by atoms with E-state index in [2.05, 4.69) is 98.0 Å². The van der Waals surface area contributed by atoms with E-state index in [1.165, 1.54) is 21.5 Å². The van der Waals surface area contributed by atoms with Gasteiger partial charge < -0.3 is 0 Å². The van der Waals surface area contributed by atoms with Gasteiger partial charge in [-0.3, -0.25) is 0 Å². The molecule has 0 aliphatic rings. The second-order valence-corrected chi connectivity index (χ2v) is 6.04. The Morgan fingerprint density at radius 2 is 1.00 bits per heavy atom. The van der Waals surface area contributed by atoms with Crippen molar-refractivity contribution in [2.24, 2.45) is 0 Å². The third-order valence-corrected chi connectivity index (χ3v) is 3.10. The first kappa shape index (κ1) is 18.8. The standard InChI is InChI=1S/2C9H7.C2H7Si.Zr/c2*1-2-5-9-7-3-6-8(9)4-1;1-3-2;/h2*1-7H;3H,1-2H3;/q2*-1;;+2. The Balaban J connectivity index is 0.000000181. The van der Waals surface area contributed by atoms with Crippen LogP contribution in [0.2, 0.25) is 13.1 Å². The maximum absolute atomic E-state index is 2.21. The summed E-state index contributed by atoms with van der Waals surface area (Å²) in [6.45, 7) is 4.42. The molecule has 0 saturated heterocycles. The van der Waals surface area contributed by atoms with Crippen molar-refractivity contribution >= 4 is 31.1 Å². The molecule has 0 amide bonds. The van der Waals surface area contributed by atoms with Crippen LogP contribution in [-0.4, -0.2) is 9.52 Å². The number of hydrogen-bond acceptors (Lipinski definition) is 0. The molecule has 0 spiro atoms. The fraction of sp³-hybridized carbons (Fsp3) is 0.100. The molecule has 0 aliphatic carbocycles. The SMILES string of the molecule is C[SiH]C.[Zr+2].c1ccc2[cH-]ccc2c1.c1ccc2[cH-]ccc2c1. The van der Waals surface area contributed by atoms with E-state index in [0.717, 1.165) is 9.52 Å². The molecular formula is C20H21SiZr. The summed E-state index contributed by atoms with van der Waals surface area (Å²) in [5.74, 6) is 0.